The van der Waals surface area contributed by atoms with Crippen molar-refractivity contribution in [3.8, 4) is 0 Å². The predicted molar refractivity (Wildman–Crippen MR) is 66.5 cm³/mol. The van der Waals surface area contributed by atoms with Crippen LogP contribution in [0.5, 0.6) is 0 Å². The molecule has 17 heavy (non-hydrogen) atoms. The van der Waals surface area contributed by atoms with Crippen LogP contribution < -0.4 is 4.90 Å². The van der Waals surface area contributed by atoms with Crippen LogP contribution in [0, 0.1) is 0 Å². The molecule has 2 heterocycles. The summed E-state index contributed by atoms with van der Waals surface area (Å²) < 4.78 is 5.34. The smallest absolute Gasteiger partial charge is 0.414 e. The van der Waals surface area contributed by atoms with Crippen molar-refractivity contribution in [3.05, 3.63) is 23.0 Å². The Hall–Kier alpha value is -1.29. The largest absolute Gasteiger partial charge is 0.443 e. The summed E-state index contributed by atoms with van der Waals surface area (Å²) >= 11 is 5.98. The number of carbonyl (C=O) groups excluding carboxylic acids is 1. The Morgan fingerprint density at radius 3 is 2.88 bits per heavy atom. The Morgan fingerprint density at radius 2 is 2.24 bits per heavy atom. The van der Waals surface area contributed by atoms with E-state index in [9.17, 15) is 4.79 Å². The number of fused-ring (bicyclic) bond motifs is 1. The highest BCUT2D eigenvalue weighted by atomic mass is 35.5. The maximum Gasteiger partial charge on any atom is 0.414 e. The Morgan fingerprint density at radius 1 is 1.53 bits per heavy atom. The summed E-state index contributed by atoms with van der Waals surface area (Å²) in [6.07, 6.45) is 1.99. The van der Waals surface area contributed by atoms with E-state index in [4.69, 9.17) is 16.3 Å². The third-order valence-corrected chi connectivity index (χ3v) is 2.79. The fraction of sp³-hybridized carbons (Fsp3) is 0.500. The minimum atomic E-state index is -0.489. The zero-order valence-corrected chi connectivity index (χ0v) is 10.9. The Labute approximate surface area is 106 Å². The predicted octanol–water partition coefficient (Wildman–Crippen LogP) is 3.03. The molecular formula is C12H15ClN2O2. The van der Waals surface area contributed by atoms with Gasteiger partial charge in [0.05, 0.1) is 5.69 Å². The number of amides is 1. The monoisotopic (exact) mass is 254 g/mol. The number of aromatic nitrogens is 1. The molecule has 0 radical (unpaired) electrons. The fourth-order valence-electron chi connectivity index (χ4n) is 1.79. The summed E-state index contributed by atoms with van der Waals surface area (Å²) in [5.74, 6) is 0. The second-order valence-electron chi connectivity index (χ2n) is 4.98. The van der Waals surface area contributed by atoms with Gasteiger partial charge in [-0.1, -0.05) is 11.6 Å². The molecule has 2 rings (SSSR count). The molecule has 1 aliphatic rings. The van der Waals surface area contributed by atoms with Crippen LogP contribution in [0.1, 0.15) is 26.3 Å². The number of hydrogen-bond acceptors (Lipinski definition) is 3. The van der Waals surface area contributed by atoms with E-state index in [1.807, 2.05) is 20.8 Å². The summed E-state index contributed by atoms with van der Waals surface area (Å²) in [6, 6.07) is 1.79. The topological polar surface area (TPSA) is 42.4 Å². The van der Waals surface area contributed by atoms with Gasteiger partial charge in [0.15, 0.2) is 0 Å². The summed E-state index contributed by atoms with van der Waals surface area (Å²) in [4.78, 5) is 17.6. The minimum Gasteiger partial charge on any atom is -0.443 e. The van der Waals surface area contributed by atoms with Gasteiger partial charge in [0, 0.05) is 18.3 Å². The highest BCUT2D eigenvalue weighted by Gasteiger charge is 2.30. The molecule has 92 valence electrons. The maximum atomic E-state index is 12.0. The van der Waals surface area contributed by atoms with Crippen LogP contribution in [0.2, 0.25) is 5.15 Å². The molecule has 0 aliphatic carbocycles. The average Bonchev–Trinajstić information content (AvgIpc) is 2.60. The highest BCUT2D eigenvalue weighted by molar-refractivity contribution is 6.30. The number of ether oxygens (including phenoxy) is 1. The number of nitrogens with zero attached hydrogens (tertiary/aromatic N) is 2. The number of rotatable bonds is 0. The van der Waals surface area contributed by atoms with E-state index in [2.05, 4.69) is 4.98 Å². The Kier molecular flexibility index (Phi) is 3.00. The summed E-state index contributed by atoms with van der Waals surface area (Å²) in [7, 11) is 0. The quantitative estimate of drug-likeness (QED) is 0.669. The van der Waals surface area contributed by atoms with Crippen molar-refractivity contribution in [1.29, 1.82) is 0 Å². The molecule has 0 fully saturated rings. The van der Waals surface area contributed by atoms with Gasteiger partial charge in [0.25, 0.3) is 0 Å². The number of pyridine rings is 1. The van der Waals surface area contributed by atoms with Gasteiger partial charge in [-0.2, -0.15) is 0 Å². The molecule has 0 saturated heterocycles. The molecule has 0 spiro atoms. The van der Waals surface area contributed by atoms with Crippen molar-refractivity contribution < 1.29 is 9.53 Å². The molecule has 1 aliphatic heterocycles. The molecule has 1 amide bonds. The summed E-state index contributed by atoms with van der Waals surface area (Å²) in [5.41, 5.74) is 1.23. The Balaban J connectivity index is 2.23. The van der Waals surface area contributed by atoms with Gasteiger partial charge in [-0.25, -0.2) is 9.78 Å². The van der Waals surface area contributed by atoms with Crippen molar-refractivity contribution in [2.45, 2.75) is 32.8 Å². The lowest BCUT2D eigenvalue weighted by molar-refractivity contribution is 0.0584. The molecule has 0 aromatic carbocycles. The average molecular weight is 255 g/mol. The van der Waals surface area contributed by atoms with Gasteiger partial charge < -0.3 is 4.74 Å². The van der Waals surface area contributed by atoms with Gasteiger partial charge in [0.1, 0.15) is 10.8 Å². The van der Waals surface area contributed by atoms with Crippen molar-refractivity contribution in [1.82, 2.24) is 4.98 Å². The number of halogens is 1. The van der Waals surface area contributed by atoms with Crippen molar-refractivity contribution in [3.63, 3.8) is 0 Å². The van der Waals surface area contributed by atoms with Crippen molar-refractivity contribution >= 4 is 23.4 Å². The third-order valence-electron chi connectivity index (χ3n) is 2.47. The molecule has 4 nitrogen and oxygen atoms in total. The molecule has 0 N–H and O–H groups in total. The van der Waals surface area contributed by atoms with Crippen LogP contribution >= 0.6 is 11.6 Å². The van der Waals surface area contributed by atoms with Gasteiger partial charge in [-0.3, -0.25) is 4.90 Å². The number of anilines is 1. The van der Waals surface area contributed by atoms with Crippen LogP contribution in [-0.2, 0) is 11.2 Å². The third kappa shape index (κ3) is 2.52. The van der Waals surface area contributed by atoms with Crippen LogP contribution in [-0.4, -0.2) is 23.2 Å². The SMILES string of the molecule is CC(C)(C)OC(=O)N1CCc2c1ccnc2Cl. The van der Waals surface area contributed by atoms with Crippen molar-refractivity contribution in [2.75, 3.05) is 11.4 Å². The van der Waals surface area contributed by atoms with Gasteiger partial charge in [-0.15, -0.1) is 0 Å². The van der Waals surface area contributed by atoms with E-state index in [1.165, 1.54) is 0 Å². The van der Waals surface area contributed by atoms with E-state index in [0.29, 0.717) is 11.7 Å². The van der Waals surface area contributed by atoms with E-state index >= 15 is 0 Å². The van der Waals surface area contributed by atoms with Crippen LogP contribution in [0.3, 0.4) is 0 Å². The molecule has 0 atom stereocenters. The van der Waals surface area contributed by atoms with Crippen LogP contribution in [0.25, 0.3) is 0 Å². The highest BCUT2D eigenvalue weighted by Crippen LogP contribution is 2.32. The fourth-order valence-corrected chi connectivity index (χ4v) is 2.04. The van der Waals surface area contributed by atoms with E-state index in [0.717, 1.165) is 17.7 Å². The zero-order valence-electron chi connectivity index (χ0n) is 10.2. The van der Waals surface area contributed by atoms with Gasteiger partial charge in [-0.05, 0) is 33.3 Å². The lowest BCUT2D eigenvalue weighted by atomic mass is 10.2. The van der Waals surface area contributed by atoms with Crippen LogP contribution in [0.15, 0.2) is 12.3 Å². The first kappa shape index (κ1) is 12.2. The first-order valence-electron chi connectivity index (χ1n) is 5.52. The van der Waals surface area contributed by atoms with E-state index in [1.54, 1.807) is 17.2 Å². The lowest BCUT2D eigenvalue weighted by Gasteiger charge is -2.24. The molecule has 1 aromatic heterocycles. The number of carbonyl (C=O) groups is 1. The molecule has 1 aromatic rings. The zero-order chi connectivity index (χ0) is 12.6. The number of hydrogen-bond donors (Lipinski definition) is 0. The van der Waals surface area contributed by atoms with Crippen LogP contribution in [0.4, 0.5) is 10.5 Å². The molecular weight excluding hydrogens is 240 g/mol. The Bertz CT molecular complexity index is 454. The normalized spacial score (nSPS) is 14.7. The first-order chi connectivity index (χ1) is 7.88. The minimum absolute atomic E-state index is 0.335. The maximum absolute atomic E-state index is 12.0. The lowest BCUT2D eigenvalue weighted by Crippen LogP contribution is -2.35. The first-order valence-corrected chi connectivity index (χ1v) is 5.90. The summed E-state index contributed by atoms with van der Waals surface area (Å²) in [5, 5.41) is 0.466. The second-order valence-corrected chi connectivity index (χ2v) is 5.34. The van der Waals surface area contributed by atoms with Gasteiger partial charge in [0.2, 0.25) is 0 Å². The summed E-state index contributed by atoms with van der Waals surface area (Å²) in [6.45, 7) is 6.14. The molecule has 0 saturated carbocycles. The second kappa shape index (κ2) is 4.18. The van der Waals surface area contributed by atoms with Crippen molar-refractivity contribution in [2.24, 2.45) is 0 Å². The molecule has 5 heteroatoms. The molecule has 0 bridgehead atoms. The molecule has 0 unspecified atom stereocenters. The standard InChI is InChI=1S/C12H15ClN2O2/c1-12(2,3)17-11(16)15-7-5-8-9(15)4-6-14-10(8)13/h4,6H,5,7H2,1-3H3. The van der Waals surface area contributed by atoms with Gasteiger partial charge >= 0.3 is 6.09 Å². The van der Waals surface area contributed by atoms with E-state index < -0.39 is 5.60 Å². The van der Waals surface area contributed by atoms with E-state index in [-0.39, 0.29) is 6.09 Å².